The minimum Gasteiger partial charge on any atom is -0.508 e. The predicted molar refractivity (Wildman–Crippen MR) is 127 cm³/mol. The van der Waals surface area contributed by atoms with Crippen LogP contribution in [0.2, 0.25) is 0 Å². The summed E-state index contributed by atoms with van der Waals surface area (Å²) in [4.78, 5) is 11.8. The lowest BCUT2D eigenvalue weighted by molar-refractivity contribution is 0.0697. The third-order valence-corrected chi connectivity index (χ3v) is 7.51. The first kappa shape index (κ1) is 19.5. The number of aromatic hydroxyl groups is 1. The Labute approximate surface area is 186 Å². The number of aromatic carboxylic acids is 1. The standard InChI is InChI=1S/C27H28N2O3/c30-20-10-8-18-14-24-26-25(17-6-2-1-3-7-17)21-11-9-19(27(31)32)15-23(21)29(26)13-5-4-12-28(24)22(18)16-20/h8-11,14-17,30H,1-7,12-13H2,(H,31,32). The van der Waals surface area contributed by atoms with Crippen LogP contribution in [0, 0.1) is 0 Å². The van der Waals surface area contributed by atoms with Crippen molar-refractivity contribution in [2.24, 2.45) is 0 Å². The van der Waals surface area contributed by atoms with Gasteiger partial charge >= 0.3 is 5.97 Å². The quantitative estimate of drug-likeness (QED) is 0.382. The van der Waals surface area contributed by atoms with Crippen LogP contribution in [0.25, 0.3) is 33.2 Å². The predicted octanol–water partition coefficient (Wildman–Crippen LogP) is 6.51. The SMILES string of the molecule is O=C(O)c1ccc2c(C3CCCCC3)c3n(c2c1)CCCCn1c-3cc2ccc(O)cc21. The van der Waals surface area contributed by atoms with Gasteiger partial charge < -0.3 is 19.3 Å². The van der Waals surface area contributed by atoms with Crippen LogP contribution in [0.3, 0.4) is 0 Å². The molecule has 164 valence electrons. The molecule has 0 unspecified atom stereocenters. The number of hydrogen-bond donors (Lipinski definition) is 2. The van der Waals surface area contributed by atoms with Crippen LogP contribution in [0.5, 0.6) is 5.75 Å². The molecule has 1 aliphatic heterocycles. The highest BCUT2D eigenvalue weighted by molar-refractivity contribution is 5.99. The molecule has 0 atom stereocenters. The van der Waals surface area contributed by atoms with Crippen molar-refractivity contribution in [1.82, 2.24) is 9.13 Å². The lowest BCUT2D eigenvalue weighted by atomic mass is 9.82. The monoisotopic (exact) mass is 428 g/mol. The van der Waals surface area contributed by atoms with Crippen molar-refractivity contribution in [3.05, 3.63) is 53.6 Å². The zero-order valence-electron chi connectivity index (χ0n) is 18.2. The van der Waals surface area contributed by atoms with Crippen LogP contribution >= 0.6 is 0 Å². The van der Waals surface area contributed by atoms with Crippen LogP contribution in [0.15, 0.2) is 42.5 Å². The zero-order valence-corrected chi connectivity index (χ0v) is 18.2. The van der Waals surface area contributed by atoms with E-state index < -0.39 is 5.97 Å². The van der Waals surface area contributed by atoms with Gasteiger partial charge in [0.25, 0.3) is 0 Å². The van der Waals surface area contributed by atoms with Crippen molar-refractivity contribution in [1.29, 1.82) is 0 Å². The van der Waals surface area contributed by atoms with E-state index in [1.54, 1.807) is 12.1 Å². The molecule has 4 aromatic rings. The first-order valence-corrected chi connectivity index (χ1v) is 11.8. The first-order chi connectivity index (χ1) is 15.6. The molecule has 0 radical (unpaired) electrons. The molecular weight excluding hydrogens is 400 g/mol. The maximum absolute atomic E-state index is 11.8. The molecule has 2 N–H and O–H groups in total. The Morgan fingerprint density at radius 1 is 0.844 bits per heavy atom. The maximum atomic E-state index is 11.8. The van der Waals surface area contributed by atoms with Gasteiger partial charge in [0.15, 0.2) is 0 Å². The van der Waals surface area contributed by atoms with E-state index in [0.29, 0.717) is 17.2 Å². The number of rotatable bonds is 2. The third kappa shape index (κ3) is 2.94. The van der Waals surface area contributed by atoms with E-state index in [1.807, 2.05) is 24.3 Å². The number of aryl methyl sites for hydroxylation is 2. The molecule has 32 heavy (non-hydrogen) atoms. The summed E-state index contributed by atoms with van der Waals surface area (Å²) < 4.78 is 4.75. The average Bonchev–Trinajstić information content (AvgIpc) is 3.29. The first-order valence-electron chi connectivity index (χ1n) is 11.8. The highest BCUT2D eigenvalue weighted by Crippen LogP contribution is 2.46. The minimum absolute atomic E-state index is 0.291. The van der Waals surface area contributed by atoms with Crippen molar-refractivity contribution in [2.75, 3.05) is 0 Å². The van der Waals surface area contributed by atoms with Gasteiger partial charge in [0.1, 0.15) is 5.75 Å². The van der Waals surface area contributed by atoms with Crippen LogP contribution in [-0.2, 0) is 13.1 Å². The molecule has 3 heterocycles. The summed E-state index contributed by atoms with van der Waals surface area (Å²) in [5, 5.41) is 22.1. The number of carboxylic acids is 1. The second-order valence-electron chi connectivity index (χ2n) is 9.42. The summed E-state index contributed by atoms with van der Waals surface area (Å²) in [6.07, 6.45) is 8.26. The van der Waals surface area contributed by atoms with Gasteiger partial charge in [-0.1, -0.05) is 25.3 Å². The highest BCUT2D eigenvalue weighted by Gasteiger charge is 2.29. The lowest BCUT2D eigenvalue weighted by Crippen LogP contribution is -2.12. The fourth-order valence-electron chi connectivity index (χ4n) is 6.04. The average molecular weight is 429 g/mol. The summed E-state index contributed by atoms with van der Waals surface area (Å²) >= 11 is 0. The van der Waals surface area contributed by atoms with Gasteiger partial charge in [-0.3, -0.25) is 0 Å². The number of phenolic OH excluding ortho intramolecular Hbond substituents is 1. The Bertz CT molecular complexity index is 1350. The minimum atomic E-state index is -0.878. The number of carbonyl (C=O) groups is 1. The fourth-order valence-corrected chi connectivity index (χ4v) is 6.04. The van der Waals surface area contributed by atoms with Gasteiger partial charge in [0, 0.05) is 35.4 Å². The summed E-state index contributed by atoms with van der Waals surface area (Å²) in [5.74, 6) is -0.0887. The number of fused-ring (bicyclic) bond motifs is 7. The maximum Gasteiger partial charge on any atom is 0.335 e. The van der Waals surface area contributed by atoms with Crippen molar-refractivity contribution in [3.8, 4) is 17.1 Å². The van der Waals surface area contributed by atoms with Gasteiger partial charge in [-0.2, -0.15) is 0 Å². The normalized spacial score (nSPS) is 17.1. The molecule has 2 aliphatic rings. The Hall–Kier alpha value is -3.21. The number of hydrogen-bond acceptors (Lipinski definition) is 2. The lowest BCUT2D eigenvalue weighted by Gasteiger charge is -2.25. The van der Waals surface area contributed by atoms with E-state index in [-0.39, 0.29) is 0 Å². The molecular formula is C27H28N2O3. The molecule has 2 aromatic heterocycles. The molecule has 1 aliphatic carbocycles. The molecule has 0 spiro atoms. The number of benzene rings is 2. The summed E-state index contributed by atoms with van der Waals surface area (Å²) in [6.45, 7) is 1.82. The topological polar surface area (TPSA) is 67.4 Å². The van der Waals surface area contributed by atoms with Crippen molar-refractivity contribution >= 4 is 27.8 Å². The molecule has 6 rings (SSSR count). The molecule has 5 nitrogen and oxygen atoms in total. The van der Waals surface area contributed by atoms with E-state index in [2.05, 4.69) is 15.2 Å². The molecule has 1 fully saturated rings. The summed E-state index contributed by atoms with van der Waals surface area (Å²) in [6, 6.07) is 13.6. The van der Waals surface area contributed by atoms with E-state index in [1.165, 1.54) is 54.4 Å². The van der Waals surface area contributed by atoms with Crippen LogP contribution in [0.1, 0.15) is 66.8 Å². The van der Waals surface area contributed by atoms with Gasteiger partial charge in [-0.15, -0.1) is 0 Å². The van der Waals surface area contributed by atoms with Gasteiger partial charge in [-0.25, -0.2) is 4.79 Å². The van der Waals surface area contributed by atoms with E-state index in [9.17, 15) is 15.0 Å². The molecule has 5 heteroatoms. The van der Waals surface area contributed by atoms with Gasteiger partial charge in [0.2, 0.25) is 0 Å². The van der Waals surface area contributed by atoms with E-state index in [0.717, 1.165) is 42.4 Å². The van der Waals surface area contributed by atoms with Crippen molar-refractivity contribution in [3.63, 3.8) is 0 Å². The van der Waals surface area contributed by atoms with Crippen molar-refractivity contribution in [2.45, 2.75) is 64.0 Å². The third-order valence-electron chi connectivity index (χ3n) is 7.51. The van der Waals surface area contributed by atoms with Crippen LogP contribution < -0.4 is 0 Å². The Balaban J connectivity index is 1.71. The largest absolute Gasteiger partial charge is 0.508 e. The molecule has 1 saturated carbocycles. The molecule has 2 aromatic carbocycles. The van der Waals surface area contributed by atoms with E-state index in [4.69, 9.17) is 0 Å². The highest BCUT2D eigenvalue weighted by atomic mass is 16.4. The molecule has 0 bridgehead atoms. The van der Waals surface area contributed by atoms with Crippen LogP contribution in [0.4, 0.5) is 0 Å². The second kappa shape index (κ2) is 7.44. The summed E-state index contributed by atoms with van der Waals surface area (Å²) in [7, 11) is 0. The van der Waals surface area contributed by atoms with Gasteiger partial charge in [0.05, 0.1) is 22.5 Å². The summed E-state index contributed by atoms with van der Waals surface area (Å²) in [5.41, 5.74) is 6.30. The number of aromatic nitrogens is 2. The van der Waals surface area contributed by atoms with Gasteiger partial charge in [-0.05, 0) is 67.5 Å². The Morgan fingerprint density at radius 3 is 2.41 bits per heavy atom. The zero-order chi connectivity index (χ0) is 21.8. The van der Waals surface area contributed by atoms with E-state index >= 15 is 0 Å². The number of carboxylic acid groups (broad SMARTS) is 1. The number of phenols is 1. The molecule has 0 amide bonds. The Kier molecular flexibility index (Phi) is 4.53. The van der Waals surface area contributed by atoms with Crippen molar-refractivity contribution < 1.29 is 15.0 Å². The van der Waals surface area contributed by atoms with Crippen LogP contribution in [-0.4, -0.2) is 25.3 Å². The second-order valence-corrected chi connectivity index (χ2v) is 9.42. The fraction of sp³-hybridized carbons (Fsp3) is 0.370. The smallest absolute Gasteiger partial charge is 0.335 e. The Morgan fingerprint density at radius 2 is 1.62 bits per heavy atom. The molecule has 0 saturated heterocycles. The number of nitrogens with zero attached hydrogens (tertiary/aromatic N) is 2.